The third kappa shape index (κ3) is 4.43. The Morgan fingerprint density at radius 2 is 2.12 bits per heavy atom. The van der Waals surface area contributed by atoms with E-state index in [9.17, 15) is 9.59 Å². The number of benzene rings is 1. The highest BCUT2D eigenvalue weighted by molar-refractivity contribution is 7.98. The van der Waals surface area contributed by atoms with E-state index in [4.69, 9.17) is 0 Å². The average Bonchev–Trinajstić information content (AvgIpc) is 3.46. The van der Waals surface area contributed by atoms with Crippen LogP contribution in [0.1, 0.15) is 42.5 Å². The Hall–Kier alpha value is -3.24. The zero-order valence-electron chi connectivity index (χ0n) is 18.9. The summed E-state index contributed by atoms with van der Waals surface area (Å²) in [6, 6.07) is 11.5. The molecule has 8 nitrogen and oxygen atoms in total. The summed E-state index contributed by atoms with van der Waals surface area (Å²) >= 11 is 3.14. The second kappa shape index (κ2) is 9.55. The van der Waals surface area contributed by atoms with Gasteiger partial charge in [0.15, 0.2) is 5.78 Å². The average molecular weight is 493 g/mol. The van der Waals surface area contributed by atoms with Gasteiger partial charge in [-0.3, -0.25) is 9.59 Å². The number of allylic oxidation sites excluding steroid dienone is 3. The number of rotatable bonds is 6. The number of ketones is 1. The molecule has 0 spiro atoms. The number of dihydropyridines is 1. The molecule has 34 heavy (non-hydrogen) atoms. The molecule has 0 bridgehead atoms. The molecule has 5 rings (SSSR count). The summed E-state index contributed by atoms with van der Waals surface area (Å²) in [6.45, 7) is 1.92. The molecule has 3 heterocycles. The second-order valence-electron chi connectivity index (χ2n) is 8.32. The highest BCUT2D eigenvalue weighted by atomic mass is 32.2. The molecule has 2 N–H and O–H groups in total. The zero-order valence-corrected chi connectivity index (χ0v) is 20.5. The molecule has 1 amide bonds. The van der Waals surface area contributed by atoms with Gasteiger partial charge in [0.05, 0.1) is 5.92 Å². The van der Waals surface area contributed by atoms with Crippen LogP contribution in [0.15, 0.2) is 69.5 Å². The Kier molecular flexibility index (Phi) is 6.34. The highest BCUT2D eigenvalue weighted by Gasteiger charge is 2.39. The molecular formula is C24H24N6O2S2. The summed E-state index contributed by atoms with van der Waals surface area (Å²) in [5.41, 5.74) is 4.90. The molecule has 2 aromatic heterocycles. The SMILES string of the molecule is CC1=C(C(=O)Nc2ccccc2)[C@H](c2cc(CSc3nnnn3C)cs2)C2=C(CCCC2=O)N1. The molecule has 0 saturated carbocycles. The third-order valence-electron chi connectivity index (χ3n) is 5.96. The molecule has 1 aliphatic carbocycles. The first kappa shape index (κ1) is 22.5. The molecule has 0 unspecified atom stereocenters. The lowest BCUT2D eigenvalue weighted by atomic mass is 9.77. The van der Waals surface area contributed by atoms with Crippen molar-refractivity contribution < 1.29 is 9.59 Å². The number of nitrogens with one attached hydrogen (secondary N) is 2. The summed E-state index contributed by atoms with van der Waals surface area (Å²) in [7, 11) is 1.81. The van der Waals surface area contributed by atoms with Crippen molar-refractivity contribution in [3.8, 4) is 0 Å². The summed E-state index contributed by atoms with van der Waals surface area (Å²) in [4.78, 5) is 27.6. The Balaban J connectivity index is 1.48. The Bertz CT molecular complexity index is 1310. The minimum Gasteiger partial charge on any atom is -0.362 e. The predicted molar refractivity (Wildman–Crippen MR) is 132 cm³/mol. The van der Waals surface area contributed by atoms with Crippen LogP contribution in [0, 0.1) is 0 Å². The van der Waals surface area contributed by atoms with Gasteiger partial charge in [-0.15, -0.1) is 16.4 Å². The zero-order chi connectivity index (χ0) is 23.7. The molecule has 3 aromatic rings. The first-order valence-corrected chi connectivity index (χ1v) is 12.9. The number of carbonyl (C=O) groups excluding carboxylic acids is 2. The van der Waals surface area contributed by atoms with Crippen LogP contribution in [-0.4, -0.2) is 31.9 Å². The maximum absolute atomic E-state index is 13.5. The number of carbonyl (C=O) groups is 2. The maximum atomic E-state index is 13.5. The number of hydrogen-bond acceptors (Lipinski definition) is 8. The van der Waals surface area contributed by atoms with Crippen LogP contribution >= 0.6 is 23.1 Å². The number of Topliss-reactive ketones (excluding diaryl/α,β-unsaturated/α-hetero) is 1. The largest absolute Gasteiger partial charge is 0.362 e. The number of hydrogen-bond donors (Lipinski definition) is 2. The minimum atomic E-state index is -0.381. The van der Waals surface area contributed by atoms with Crippen LogP contribution < -0.4 is 10.6 Å². The van der Waals surface area contributed by atoms with E-state index in [1.54, 1.807) is 27.8 Å². The van der Waals surface area contributed by atoms with Crippen LogP contribution in [0.25, 0.3) is 0 Å². The van der Waals surface area contributed by atoms with Crippen molar-refractivity contribution in [3.05, 3.63) is 74.8 Å². The first-order chi connectivity index (χ1) is 16.5. The van der Waals surface area contributed by atoms with E-state index in [1.807, 2.05) is 44.3 Å². The van der Waals surface area contributed by atoms with Gasteiger partial charge in [-0.25, -0.2) is 4.68 Å². The highest BCUT2D eigenvalue weighted by Crippen LogP contribution is 2.44. The molecular weight excluding hydrogens is 468 g/mol. The van der Waals surface area contributed by atoms with Crippen molar-refractivity contribution in [1.29, 1.82) is 0 Å². The molecule has 2 aliphatic rings. The lowest BCUT2D eigenvalue weighted by molar-refractivity contribution is -0.116. The minimum absolute atomic E-state index is 0.116. The standard InChI is InChI=1S/C24H24N6O2S2/c1-14-20(23(32)26-16-7-4-3-5-8-16)22(21-17(25-14)9-6-10-18(21)31)19-11-15(12-33-19)13-34-24-27-28-29-30(24)2/h3-5,7-8,11-12,22,25H,6,9-10,13H2,1-2H3,(H,26,32)/t22-/m0/s1. The van der Waals surface area contributed by atoms with Crippen molar-refractivity contribution in [1.82, 2.24) is 25.5 Å². The van der Waals surface area contributed by atoms with Gasteiger partial charge < -0.3 is 10.6 Å². The number of anilines is 1. The molecule has 1 atom stereocenters. The van der Waals surface area contributed by atoms with Gasteiger partial charge in [0.2, 0.25) is 5.16 Å². The van der Waals surface area contributed by atoms with Gasteiger partial charge in [-0.05, 0) is 59.3 Å². The number of nitrogens with zero attached hydrogens (tertiary/aromatic N) is 4. The van der Waals surface area contributed by atoms with Gasteiger partial charge in [-0.1, -0.05) is 30.0 Å². The lowest BCUT2D eigenvalue weighted by Gasteiger charge is -2.33. The molecule has 0 fully saturated rings. The first-order valence-electron chi connectivity index (χ1n) is 11.0. The Morgan fingerprint density at radius 3 is 2.88 bits per heavy atom. The maximum Gasteiger partial charge on any atom is 0.254 e. The van der Waals surface area contributed by atoms with Crippen molar-refractivity contribution in [2.75, 3.05) is 5.32 Å². The predicted octanol–water partition coefficient (Wildman–Crippen LogP) is 4.17. The Morgan fingerprint density at radius 1 is 1.29 bits per heavy atom. The number of aryl methyl sites for hydroxylation is 1. The van der Waals surface area contributed by atoms with E-state index in [1.165, 1.54) is 0 Å². The van der Waals surface area contributed by atoms with Gasteiger partial charge >= 0.3 is 0 Å². The van der Waals surface area contributed by atoms with E-state index in [0.29, 0.717) is 17.7 Å². The number of amides is 1. The third-order valence-corrected chi connectivity index (χ3v) is 8.09. The van der Waals surface area contributed by atoms with Crippen molar-refractivity contribution in [3.63, 3.8) is 0 Å². The van der Waals surface area contributed by atoms with Gasteiger partial charge in [0.1, 0.15) is 0 Å². The van der Waals surface area contributed by atoms with Crippen LogP contribution in [-0.2, 0) is 22.4 Å². The van der Waals surface area contributed by atoms with Crippen LogP contribution in [0.4, 0.5) is 5.69 Å². The Labute approximate surface area is 205 Å². The van der Waals surface area contributed by atoms with Gasteiger partial charge in [0.25, 0.3) is 5.91 Å². The fourth-order valence-corrected chi connectivity index (χ4v) is 6.32. The number of tetrazole rings is 1. The fraction of sp³-hybridized carbons (Fsp3) is 0.292. The van der Waals surface area contributed by atoms with Crippen LogP contribution in [0.5, 0.6) is 0 Å². The lowest BCUT2D eigenvalue weighted by Crippen LogP contribution is -2.35. The monoisotopic (exact) mass is 492 g/mol. The normalized spacial score (nSPS) is 18.1. The number of thiophene rings is 1. The molecule has 1 aromatic carbocycles. The fourth-order valence-electron chi connectivity index (χ4n) is 4.40. The number of aromatic nitrogens is 4. The van der Waals surface area contributed by atoms with Crippen LogP contribution in [0.3, 0.4) is 0 Å². The second-order valence-corrected chi connectivity index (χ2v) is 10.2. The van der Waals surface area contributed by atoms with Crippen molar-refractivity contribution in [2.45, 2.75) is 43.0 Å². The summed E-state index contributed by atoms with van der Waals surface area (Å²) in [5, 5.41) is 20.8. The van der Waals surface area contributed by atoms with Gasteiger partial charge in [-0.2, -0.15) is 0 Å². The molecule has 0 radical (unpaired) electrons. The molecule has 174 valence electrons. The smallest absolute Gasteiger partial charge is 0.254 e. The van der Waals surface area contributed by atoms with E-state index < -0.39 is 0 Å². The van der Waals surface area contributed by atoms with E-state index >= 15 is 0 Å². The van der Waals surface area contributed by atoms with E-state index in [0.717, 1.165) is 51.1 Å². The van der Waals surface area contributed by atoms with E-state index in [2.05, 4.69) is 37.6 Å². The van der Waals surface area contributed by atoms with Crippen LogP contribution in [0.2, 0.25) is 0 Å². The topological polar surface area (TPSA) is 102 Å². The van der Waals surface area contributed by atoms with Gasteiger partial charge in [0, 0.05) is 52.3 Å². The molecule has 10 heteroatoms. The number of thioether (sulfide) groups is 1. The summed E-state index contributed by atoms with van der Waals surface area (Å²) < 4.78 is 1.64. The number of para-hydroxylation sites is 1. The van der Waals surface area contributed by atoms with Crippen molar-refractivity contribution >= 4 is 40.5 Å². The summed E-state index contributed by atoms with van der Waals surface area (Å²) in [6.07, 6.45) is 2.15. The molecule has 0 saturated heterocycles. The quantitative estimate of drug-likeness (QED) is 0.498. The summed E-state index contributed by atoms with van der Waals surface area (Å²) in [5.74, 6) is 0.239. The van der Waals surface area contributed by atoms with Crippen molar-refractivity contribution in [2.24, 2.45) is 7.05 Å². The molecule has 1 aliphatic heterocycles. The van der Waals surface area contributed by atoms with E-state index in [-0.39, 0.29) is 17.6 Å².